The van der Waals surface area contributed by atoms with Crippen LogP contribution in [0.3, 0.4) is 0 Å². The second kappa shape index (κ2) is 9.35. The van der Waals surface area contributed by atoms with Gasteiger partial charge < -0.3 is 21.7 Å². The predicted octanol–water partition coefficient (Wildman–Crippen LogP) is 1.95. The number of benzene rings is 2. The second-order valence-electron chi connectivity index (χ2n) is 6.58. The van der Waals surface area contributed by atoms with Gasteiger partial charge in [-0.05, 0) is 29.8 Å². The first-order valence-electron chi connectivity index (χ1n) is 8.86. The fraction of sp³-hybridized carbons (Fsp3) is 0.158. The number of guanidine groups is 1. The molecule has 0 aliphatic carbocycles. The predicted molar refractivity (Wildman–Crippen MR) is 119 cm³/mol. The number of hydrogen-bond acceptors (Lipinski definition) is 6. The van der Waals surface area contributed by atoms with E-state index in [2.05, 4.69) is 9.98 Å². The summed E-state index contributed by atoms with van der Waals surface area (Å²) in [7, 11) is -4.17. The minimum atomic E-state index is -4.17. The van der Waals surface area contributed by atoms with Gasteiger partial charge in [0, 0.05) is 28.5 Å². The van der Waals surface area contributed by atoms with Gasteiger partial charge in [0.25, 0.3) is 0 Å². The Hall–Kier alpha value is -2.47. The minimum Gasteiger partial charge on any atom is -0.370 e. The fourth-order valence-corrected chi connectivity index (χ4v) is 4.84. The monoisotopic (exact) mass is 483 g/mol. The van der Waals surface area contributed by atoms with E-state index >= 15 is 0 Å². The highest BCUT2D eigenvalue weighted by molar-refractivity contribution is 7.89. The topological polar surface area (TPSA) is 155 Å². The third kappa shape index (κ3) is 5.42. The van der Waals surface area contributed by atoms with Gasteiger partial charge >= 0.3 is 0 Å². The molecule has 0 bridgehead atoms. The zero-order valence-corrected chi connectivity index (χ0v) is 18.3. The number of sulfonamides is 1. The highest BCUT2D eigenvalue weighted by atomic mass is 35.5. The molecule has 2 aromatic carbocycles. The van der Waals surface area contributed by atoms with Crippen LogP contribution < -0.4 is 11.5 Å². The van der Waals surface area contributed by atoms with Gasteiger partial charge in [-0.1, -0.05) is 41.4 Å². The Balaban J connectivity index is 2.11. The van der Waals surface area contributed by atoms with E-state index in [0.717, 1.165) is 4.31 Å². The van der Waals surface area contributed by atoms with Gasteiger partial charge in [-0.25, -0.2) is 13.4 Å². The Bertz CT molecular complexity index is 1250. The number of fused-ring (bicyclic) bond motifs is 1. The van der Waals surface area contributed by atoms with Crippen molar-refractivity contribution in [1.29, 1.82) is 0 Å². The summed E-state index contributed by atoms with van der Waals surface area (Å²) in [6, 6.07) is 10.8. The summed E-state index contributed by atoms with van der Waals surface area (Å²) < 4.78 is 27.6. The quantitative estimate of drug-likeness (QED) is 0.227. The first-order valence-corrected chi connectivity index (χ1v) is 11.1. The number of hydrogen-bond donors (Lipinski definition) is 4. The van der Waals surface area contributed by atoms with E-state index in [9.17, 15) is 18.6 Å². The molecule has 0 unspecified atom stereocenters. The number of halogens is 2. The standard InChI is InChI=1S/C19H19Cl2N5O4S/c20-12-3-1-2-11(6-12)9-26(10-17(27)28)31(29,30)13-4-5-14-15(7-13)18(25-19(22)23)24-8-16(14)21/h1-8,17,27-28H,9-10H2,(H4,22,23,24,25). The maximum Gasteiger partial charge on any atom is 0.243 e. The highest BCUT2D eigenvalue weighted by Gasteiger charge is 2.27. The molecular formula is C19H19Cl2N5O4S. The summed E-state index contributed by atoms with van der Waals surface area (Å²) >= 11 is 12.2. The molecule has 0 aliphatic heterocycles. The Morgan fingerprint density at radius 3 is 2.52 bits per heavy atom. The van der Waals surface area contributed by atoms with Crippen molar-refractivity contribution in [3.8, 4) is 0 Å². The molecule has 1 aromatic heterocycles. The number of aliphatic hydroxyl groups excluding tert-OH is 1. The third-order valence-electron chi connectivity index (χ3n) is 4.28. The highest BCUT2D eigenvalue weighted by Crippen LogP contribution is 2.32. The van der Waals surface area contributed by atoms with Crippen molar-refractivity contribution in [2.24, 2.45) is 16.5 Å². The van der Waals surface area contributed by atoms with Crippen LogP contribution in [0.15, 0.2) is 58.5 Å². The Morgan fingerprint density at radius 1 is 1.13 bits per heavy atom. The Morgan fingerprint density at radius 2 is 1.87 bits per heavy atom. The number of aromatic nitrogens is 1. The lowest BCUT2D eigenvalue weighted by atomic mass is 10.1. The summed E-state index contributed by atoms with van der Waals surface area (Å²) in [6.45, 7) is -0.686. The maximum atomic E-state index is 13.4. The van der Waals surface area contributed by atoms with Crippen LogP contribution in [-0.2, 0) is 16.6 Å². The van der Waals surface area contributed by atoms with Crippen molar-refractivity contribution in [3.05, 3.63) is 64.3 Å². The molecule has 0 aliphatic rings. The zero-order valence-electron chi connectivity index (χ0n) is 16.0. The summed E-state index contributed by atoms with van der Waals surface area (Å²) in [5, 5.41) is 20.5. The van der Waals surface area contributed by atoms with Crippen LogP contribution in [0.5, 0.6) is 0 Å². The number of pyridine rings is 1. The van der Waals surface area contributed by atoms with Gasteiger partial charge in [-0.2, -0.15) is 9.30 Å². The molecule has 0 saturated carbocycles. The van der Waals surface area contributed by atoms with Crippen molar-refractivity contribution in [2.45, 2.75) is 17.7 Å². The van der Waals surface area contributed by atoms with Crippen LogP contribution in [-0.4, -0.2) is 46.7 Å². The molecular weight excluding hydrogens is 465 g/mol. The van der Waals surface area contributed by atoms with E-state index in [4.69, 9.17) is 34.7 Å². The van der Waals surface area contributed by atoms with Crippen LogP contribution in [0.25, 0.3) is 10.8 Å². The van der Waals surface area contributed by atoms with E-state index < -0.39 is 22.9 Å². The Kier molecular flexibility index (Phi) is 6.99. The van der Waals surface area contributed by atoms with Gasteiger partial charge in [0.1, 0.15) is 0 Å². The number of aliphatic hydroxyl groups is 2. The molecule has 0 spiro atoms. The van der Waals surface area contributed by atoms with Crippen LogP contribution in [0.4, 0.5) is 5.82 Å². The molecule has 0 fully saturated rings. The zero-order chi connectivity index (χ0) is 22.8. The maximum absolute atomic E-state index is 13.4. The van der Waals surface area contributed by atoms with E-state index in [1.807, 2.05) is 0 Å². The lowest BCUT2D eigenvalue weighted by molar-refractivity contribution is -0.0501. The molecule has 0 saturated heterocycles. The van der Waals surface area contributed by atoms with Gasteiger partial charge in [0.15, 0.2) is 18.1 Å². The summed E-state index contributed by atoms with van der Waals surface area (Å²) in [5.74, 6) is -0.157. The number of nitrogens with zero attached hydrogens (tertiary/aromatic N) is 3. The summed E-state index contributed by atoms with van der Waals surface area (Å²) in [4.78, 5) is 7.85. The lowest BCUT2D eigenvalue weighted by Crippen LogP contribution is -2.37. The van der Waals surface area contributed by atoms with E-state index in [1.165, 1.54) is 24.4 Å². The van der Waals surface area contributed by atoms with Crippen molar-refractivity contribution < 1.29 is 18.6 Å². The van der Waals surface area contributed by atoms with Crippen molar-refractivity contribution in [2.75, 3.05) is 6.54 Å². The molecule has 164 valence electrons. The van der Waals surface area contributed by atoms with Crippen molar-refractivity contribution >= 4 is 55.8 Å². The van der Waals surface area contributed by atoms with Crippen LogP contribution in [0.2, 0.25) is 10.0 Å². The first-order chi connectivity index (χ1) is 14.6. The minimum absolute atomic E-state index is 0.0973. The van der Waals surface area contributed by atoms with Crippen LogP contribution >= 0.6 is 23.2 Å². The fourth-order valence-electron chi connectivity index (χ4n) is 2.96. The van der Waals surface area contributed by atoms with E-state index in [1.54, 1.807) is 24.3 Å². The molecule has 12 heteroatoms. The van der Waals surface area contributed by atoms with Crippen molar-refractivity contribution in [1.82, 2.24) is 9.29 Å². The number of rotatable bonds is 7. The molecule has 1 heterocycles. The van der Waals surface area contributed by atoms with E-state index in [0.29, 0.717) is 21.4 Å². The smallest absolute Gasteiger partial charge is 0.243 e. The molecule has 31 heavy (non-hydrogen) atoms. The molecule has 9 nitrogen and oxygen atoms in total. The normalized spacial score (nSPS) is 11.9. The Labute approximate surface area is 188 Å². The van der Waals surface area contributed by atoms with E-state index in [-0.39, 0.29) is 28.2 Å². The van der Waals surface area contributed by atoms with Gasteiger partial charge in [-0.3, -0.25) is 0 Å². The second-order valence-corrected chi connectivity index (χ2v) is 9.36. The summed E-state index contributed by atoms with van der Waals surface area (Å²) in [5.41, 5.74) is 11.5. The average Bonchev–Trinajstić information content (AvgIpc) is 2.69. The SMILES string of the molecule is NC(N)=Nc1ncc(Cl)c2ccc(S(=O)(=O)N(Cc3cccc(Cl)c3)CC(O)O)cc12. The summed E-state index contributed by atoms with van der Waals surface area (Å²) in [6.07, 6.45) is -0.532. The molecule has 0 amide bonds. The molecule has 3 aromatic rings. The number of nitrogens with two attached hydrogens (primary N) is 2. The molecule has 6 N–H and O–H groups in total. The average molecular weight is 484 g/mol. The third-order valence-corrected chi connectivity index (χ3v) is 6.62. The first kappa shape index (κ1) is 23.2. The van der Waals surface area contributed by atoms with Crippen molar-refractivity contribution in [3.63, 3.8) is 0 Å². The number of aliphatic imine (C=N–C) groups is 1. The lowest BCUT2D eigenvalue weighted by Gasteiger charge is -2.23. The molecule has 3 rings (SSSR count). The van der Waals surface area contributed by atoms with Gasteiger partial charge in [0.05, 0.1) is 16.5 Å². The van der Waals surface area contributed by atoms with Gasteiger partial charge in [0.2, 0.25) is 10.0 Å². The van der Waals surface area contributed by atoms with Gasteiger partial charge in [-0.15, -0.1) is 0 Å². The van der Waals surface area contributed by atoms with Crippen LogP contribution in [0.1, 0.15) is 5.56 Å². The molecule has 0 radical (unpaired) electrons. The van der Waals surface area contributed by atoms with Crippen LogP contribution in [0, 0.1) is 0 Å². The molecule has 0 atom stereocenters. The largest absolute Gasteiger partial charge is 0.370 e.